The third-order valence-corrected chi connectivity index (χ3v) is 8.23. The minimum absolute atomic E-state index is 0.197. The molecular weight excluding hydrogens is 712 g/mol. The largest absolute Gasteiger partial charge is 0.497 e. The summed E-state index contributed by atoms with van der Waals surface area (Å²) in [4.78, 5) is 62.8. The van der Waals surface area contributed by atoms with Crippen molar-refractivity contribution in [2.75, 3.05) is 47.7 Å². The van der Waals surface area contributed by atoms with Gasteiger partial charge >= 0.3 is 0 Å². The lowest BCUT2D eigenvalue weighted by Crippen LogP contribution is -2.68. The predicted molar refractivity (Wildman–Crippen MR) is 190 cm³/mol. The highest BCUT2D eigenvalue weighted by atomic mass is 16.5. The van der Waals surface area contributed by atoms with E-state index in [1.807, 2.05) is 0 Å². The van der Waals surface area contributed by atoms with Gasteiger partial charge in [0.15, 0.2) is 12.8 Å². The summed E-state index contributed by atoms with van der Waals surface area (Å²) in [5.74, 6) is -1.89. The third kappa shape index (κ3) is 12.5. The van der Waals surface area contributed by atoms with Crippen LogP contribution in [0, 0.1) is 0 Å². The van der Waals surface area contributed by atoms with E-state index in [1.165, 1.54) is 21.3 Å². The van der Waals surface area contributed by atoms with Crippen molar-refractivity contribution in [3.8, 4) is 17.2 Å². The number of aliphatic hydroxyl groups is 3. The minimum atomic E-state index is -1.60. The van der Waals surface area contributed by atoms with Crippen LogP contribution >= 0.6 is 0 Å². The molecule has 1 aliphatic heterocycles. The van der Waals surface area contributed by atoms with Crippen LogP contribution in [0.3, 0.4) is 0 Å². The molecule has 298 valence electrons. The molecule has 0 spiro atoms. The summed E-state index contributed by atoms with van der Waals surface area (Å²) < 4.78 is 27.0. The molecule has 54 heavy (non-hydrogen) atoms. The van der Waals surface area contributed by atoms with Gasteiger partial charge in [-0.05, 0) is 36.8 Å². The summed E-state index contributed by atoms with van der Waals surface area (Å²) in [6.07, 6.45) is -6.39. The Labute approximate surface area is 312 Å². The number of aliphatic hydroxyl groups excluding tert-OH is 3. The van der Waals surface area contributed by atoms with Crippen LogP contribution in [0.1, 0.15) is 37.4 Å². The van der Waals surface area contributed by atoms with Gasteiger partial charge < -0.3 is 71.3 Å². The average molecular weight is 763 g/mol. The Balaban J connectivity index is 1.66. The van der Waals surface area contributed by atoms with Crippen LogP contribution in [0.5, 0.6) is 17.2 Å². The van der Waals surface area contributed by atoms with Gasteiger partial charge in [0.25, 0.3) is 5.91 Å². The minimum Gasteiger partial charge on any atom is -0.497 e. The van der Waals surface area contributed by atoms with Crippen molar-refractivity contribution in [2.24, 2.45) is 5.73 Å². The standard InChI is InChI=1S/C35H50N6O13/c1-18(16-50-3)38-29(46)17-53-21-8-6-20(7-9-21)30(23-11-10-22(51-4)12-25(23)52-5)40-28(45)14-37-34(49)24(36)13-27(44)41-35-31(39-19(2)43)33(48)32(47)26(15-42)54-35/h6-12,18,24,26,30-33,35,42,47-48H,13-17,36H2,1-5H3,(H,37,49)(H,38,46)(H,39,43)(H,40,45)(H,41,44)/t18?,24-,26?,30?,31?,32+,33?,35+/m0/s1. The summed E-state index contributed by atoms with van der Waals surface area (Å²) in [7, 11) is 4.49. The average Bonchev–Trinajstić information content (AvgIpc) is 3.14. The Morgan fingerprint density at radius 2 is 1.57 bits per heavy atom. The Kier molecular flexibility index (Phi) is 16.9. The fourth-order valence-corrected chi connectivity index (χ4v) is 5.57. The second-order valence-electron chi connectivity index (χ2n) is 12.5. The molecule has 1 aliphatic rings. The summed E-state index contributed by atoms with van der Waals surface area (Å²) in [5, 5.41) is 42.9. The molecule has 19 heteroatoms. The molecule has 0 aliphatic carbocycles. The number of nitrogens with two attached hydrogens (primary N) is 1. The first-order chi connectivity index (χ1) is 25.7. The predicted octanol–water partition coefficient (Wildman–Crippen LogP) is -2.67. The van der Waals surface area contributed by atoms with Crippen molar-refractivity contribution in [2.45, 2.75) is 69.0 Å². The molecule has 1 fully saturated rings. The van der Waals surface area contributed by atoms with Gasteiger partial charge in [0, 0.05) is 31.7 Å². The van der Waals surface area contributed by atoms with Crippen LogP contribution in [0.4, 0.5) is 0 Å². The number of carbonyl (C=O) groups is 5. The van der Waals surface area contributed by atoms with Crippen molar-refractivity contribution in [1.29, 1.82) is 0 Å². The number of amides is 5. The maximum Gasteiger partial charge on any atom is 0.258 e. The summed E-state index contributed by atoms with van der Waals surface area (Å²) in [6.45, 7) is 1.85. The van der Waals surface area contributed by atoms with Crippen molar-refractivity contribution < 1.29 is 63.0 Å². The lowest BCUT2D eigenvalue weighted by atomic mass is 9.95. The van der Waals surface area contributed by atoms with E-state index in [1.54, 1.807) is 49.4 Å². The van der Waals surface area contributed by atoms with E-state index in [9.17, 15) is 39.3 Å². The van der Waals surface area contributed by atoms with Crippen molar-refractivity contribution in [3.05, 3.63) is 53.6 Å². The van der Waals surface area contributed by atoms with Gasteiger partial charge in [-0.1, -0.05) is 12.1 Å². The SMILES string of the molecule is COCC(C)NC(=O)COc1ccc(C(NC(=O)CNC(=O)[C@@H](N)CC(=O)N[C@@H]2OC(CO)[C@@H](O)C(O)C2NC(C)=O)c2ccc(OC)cc2OC)cc1. The van der Waals surface area contributed by atoms with E-state index < -0.39 is 85.9 Å². The van der Waals surface area contributed by atoms with Gasteiger partial charge in [0.05, 0.1) is 52.5 Å². The molecule has 0 aromatic heterocycles. The summed E-state index contributed by atoms with van der Waals surface area (Å²) in [6, 6.07) is 7.98. The number of carbonyl (C=O) groups excluding carboxylic acids is 5. The molecular formula is C35H50N6O13. The molecule has 0 bridgehead atoms. The van der Waals surface area contributed by atoms with Crippen LogP contribution < -0.4 is 46.5 Å². The maximum absolute atomic E-state index is 13.2. The second kappa shape index (κ2) is 21.0. The lowest BCUT2D eigenvalue weighted by Gasteiger charge is -2.42. The number of hydrogen-bond donors (Lipinski definition) is 9. The topological polar surface area (TPSA) is 278 Å². The Morgan fingerprint density at radius 3 is 2.19 bits per heavy atom. The molecule has 8 atom stereocenters. The zero-order chi connectivity index (χ0) is 39.9. The fraction of sp³-hybridized carbons (Fsp3) is 0.514. The molecule has 3 rings (SSSR count). The molecule has 1 heterocycles. The first-order valence-corrected chi connectivity index (χ1v) is 17.0. The molecule has 2 aromatic rings. The van der Waals surface area contributed by atoms with Gasteiger partial charge in [-0.2, -0.15) is 0 Å². The smallest absolute Gasteiger partial charge is 0.258 e. The van der Waals surface area contributed by atoms with E-state index >= 15 is 0 Å². The Bertz CT molecular complexity index is 1580. The number of rotatable bonds is 19. The van der Waals surface area contributed by atoms with Crippen LogP contribution in [-0.4, -0.2) is 135 Å². The molecule has 0 saturated carbocycles. The zero-order valence-electron chi connectivity index (χ0n) is 30.7. The van der Waals surface area contributed by atoms with E-state index in [4.69, 9.17) is 29.4 Å². The van der Waals surface area contributed by atoms with Crippen molar-refractivity contribution >= 4 is 29.5 Å². The molecule has 5 unspecified atom stereocenters. The normalized spacial score (nSPS) is 21.0. The van der Waals surface area contributed by atoms with Gasteiger partial charge in [-0.25, -0.2) is 0 Å². The third-order valence-electron chi connectivity index (χ3n) is 8.23. The van der Waals surface area contributed by atoms with E-state index in [2.05, 4.69) is 26.6 Å². The quantitative estimate of drug-likeness (QED) is 0.0707. The highest BCUT2D eigenvalue weighted by Crippen LogP contribution is 2.34. The fourth-order valence-electron chi connectivity index (χ4n) is 5.57. The second-order valence-corrected chi connectivity index (χ2v) is 12.5. The van der Waals surface area contributed by atoms with Crippen molar-refractivity contribution in [3.63, 3.8) is 0 Å². The summed E-state index contributed by atoms with van der Waals surface area (Å²) in [5.41, 5.74) is 7.10. The van der Waals surface area contributed by atoms with E-state index in [-0.39, 0.29) is 18.6 Å². The van der Waals surface area contributed by atoms with Gasteiger partial charge in [-0.15, -0.1) is 0 Å². The van der Waals surface area contributed by atoms with E-state index in [0.29, 0.717) is 35.0 Å². The van der Waals surface area contributed by atoms with Gasteiger partial charge in [0.2, 0.25) is 23.6 Å². The number of ether oxygens (including phenoxy) is 5. The lowest BCUT2D eigenvalue weighted by molar-refractivity contribution is -0.203. The Morgan fingerprint density at radius 1 is 0.889 bits per heavy atom. The molecule has 5 amide bonds. The molecule has 0 radical (unpaired) electrons. The molecule has 10 N–H and O–H groups in total. The molecule has 19 nitrogen and oxygen atoms in total. The highest BCUT2D eigenvalue weighted by Gasteiger charge is 2.45. The van der Waals surface area contributed by atoms with Gasteiger partial charge in [-0.3, -0.25) is 24.0 Å². The maximum atomic E-state index is 13.2. The number of nitrogens with one attached hydrogen (secondary N) is 5. The summed E-state index contributed by atoms with van der Waals surface area (Å²) >= 11 is 0. The van der Waals surface area contributed by atoms with Crippen LogP contribution in [0.25, 0.3) is 0 Å². The van der Waals surface area contributed by atoms with Gasteiger partial charge in [0.1, 0.15) is 41.6 Å². The highest BCUT2D eigenvalue weighted by molar-refractivity contribution is 5.91. The zero-order valence-corrected chi connectivity index (χ0v) is 30.7. The number of hydrogen-bond acceptors (Lipinski definition) is 14. The van der Waals surface area contributed by atoms with Crippen LogP contribution in [-0.2, 0) is 33.4 Å². The van der Waals surface area contributed by atoms with Crippen LogP contribution in [0.15, 0.2) is 42.5 Å². The number of benzene rings is 2. The Hall–Kier alpha value is -5.05. The van der Waals surface area contributed by atoms with E-state index in [0.717, 1.165) is 6.92 Å². The van der Waals surface area contributed by atoms with Crippen LogP contribution in [0.2, 0.25) is 0 Å². The monoisotopic (exact) mass is 762 g/mol. The molecule has 1 saturated heterocycles. The van der Waals surface area contributed by atoms with Crippen molar-refractivity contribution in [1.82, 2.24) is 26.6 Å². The number of methoxy groups -OCH3 is 3. The first-order valence-electron chi connectivity index (χ1n) is 17.0. The first kappa shape index (κ1) is 43.4. The molecule has 2 aromatic carbocycles.